The van der Waals surface area contributed by atoms with E-state index in [1.807, 2.05) is 13.8 Å². The van der Waals surface area contributed by atoms with Gasteiger partial charge in [-0.1, -0.05) is 26.7 Å². The van der Waals surface area contributed by atoms with Crippen LogP contribution in [0, 0.1) is 18.3 Å². The summed E-state index contributed by atoms with van der Waals surface area (Å²) < 4.78 is 0. The van der Waals surface area contributed by atoms with Gasteiger partial charge in [-0.15, -0.1) is 12.3 Å². The highest BCUT2D eigenvalue weighted by Crippen LogP contribution is 2.35. The molecular formula is C15H22N2O2. The summed E-state index contributed by atoms with van der Waals surface area (Å²) in [5.41, 5.74) is -0.642. The fourth-order valence-electron chi connectivity index (χ4n) is 3.31. The van der Waals surface area contributed by atoms with Crippen molar-refractivity contribution in [3.05, 3.63) is 0 Å². The second-order valence-corrected chi connectivity index (χ2v) is 5.92. The zero-order chi connectivity index (χ0) is 14.0. The van der Waals surface area contributed by atoms with Gasteiger partial charge in [0.05, 0.1) is 0 Å². The second kappa shape index (κ2) is 5.24. The number of nitrogens with zero attached hydrogens (tertiary/aromatic N) is 1. The molecule has 1 atom stereocenters. The molecule has 1 N–H and O–H groups in total. The van der Waals surface area contributed by atoms with Crippen molar-refractivity contribution in [3.8, 4) is 12.3 Å². The Morgan fingerprint density at radius 3 is 2.58 bits per heavy atom. The van der Waals surface area contributed by atoms with Crippen LogP contribution in [0.25, 0.3) is 0 Å². The predicted molar refractivity (Wildman–Crippen MR) is 73.1 cm³/mol. The summed E-state index contributed by atoms with van der Waals surface area (Å²) in [5, 5.41) is 3.00. The highest BCUT2D eigenvalue weighted by Gasteiger charge is 2.52. The molecule has 19 heavy (non-hydrogen) atoms. The van der Waals surface area contributed by atoms with Crippen molar-refractivity contribution in [3.63, 3.8) is 0 Å². The molecule has 1 aliphatic heterocycles. The van der Waals surface area contributed by atoms with Crippen LogP contribution in [0.1, 0.15) is 46.0 Å². The minimum Gasteiger partial charge on any atom is -0.340 e. The number of hydrogen-bond donors (Lipinski definition) is 1. The maximum Gasteiger partial charge on any atom is 0.249 e. The molecule has 1 saturated carbocycles. The number of amides is 2. The Kier molecular flexibility index (Phi) is 3.84. The maximum absolute atomic E-state index is 12.8. The van der Waals surface area contributed by atoms with Crippen LogP contribution in [-0.2, 0) is 9.59 Å². The van der Waals surface area contributed by atoms with Crippen LogP contribution < -0.4 is 5.32 Å². The average molecular weight is 262 g/mol. The number of rotatable bonds is 3. The smallest absolute Gasteiger partial charge is 0.249 e. The SMILES string of the molecule is C#CCCN1C(=O)C2(CCCC2)NC(=O)C1C(C)C. The number of nitrogens with one attached hydrogen (secondary N) is 1. The van der Waals surface area contributed by atoms with Crippen LogP contribution in [0.3, 0.4) is 0 Å². The van der Waals surface area contributed by atoms with E-state index in [1.165, 1.54) is 0 Å². The first-order valence-electron chi connectivity index (χ1n) is 7.08. The molecule has 0 aromatic heterocycles. The van der Waals surface area contributed by atoms with Gasteiger partial charge in [0.15, 0.2) is 0 Å². The van der Waals surface area contributed by atoms with Crippen molar-refractivity contribution in [1.29, 1.82) is 0 Å². The molecule has 2 amide bonds. The van der Waals surface area contributed by atoms with Crippen LogP contribution >= 0.6 is 0 Å². The van der Waals surface area contributed by atoms with Crippen LogP contribution in [0.5, 0.6) is 0 Å². The van der Waals surface area contributed by atoms with Gasteiger partial charge in [-0.25, -0.2) is 0 Å². The molecule has 1 unspecified atom stereocenters. The van der Waals surface area contributed by atoms with Gasteiger partial charge in [0.2, 0.25) is 11.8 Å². The van der Waals surface area contributed by atoms with Crippen molar-refractivity contribution in [2.75, 3.05) is 6.54 Å². The van der Waals surface area contributed by atoms with Gasteiger partial charge in [0.25, 0.3) is 0 Å². The number of carbonyl (C=O) groups excluding carboxylic acids is 2. The van der Waals surface area contributed by atoms with E-state index in [1.54, 1.807) is 4.90 Å². The van der Waals surface area contributed by atoms with E-state index < -0.39 is 5.54 Å². The van der Waals surface area contributed by atoms with Gasteiger partial charge < -0.3 is 10.2 Å². The van der Waals surface area contributed by atoms with Crippen molar-refractivity contribution < 1.29 is 9.59 Å². The number of hydrogen-bond acceptors (Lipinski definition) is 2. The number of terminal acetylenes is 1. The van der Waals surface area contributed by atoms with Gasteiger partial charge in [-0.3, -0.25) is 9.59 Å². The van der Waals surface area contributed by atoms with Gasteiger partial charge in [-0.05, 0) is 18.8 Å². The molecule has 0 aromatic carbocycles. The Morgan fingerprint density at radius 1 is 1.42 bits per heavy atom. The van der Waals surface area contributed by atoms with Crippen molar-refractivity contribution >= 4 is 11.8 Å². The van der Waals surface area contributed by atoms with Gasteiger partial charge >= 0.3 is 0 Å². The fraction of sp³-hybridized carbons (Fsp3) is 0.733. The topological polar surface area (TPSA) is 49.4 Å². The van der Waals surface area contributed by atoms with Gasteiger partial charge in [0, 0.05) is 13.0 Å². The third kappa shape index (κ3) is 2.34. The van der Waals surface area contributed by atoms with E-state index in [0.717, 1.165) is 25.7 Å². The van der Waals surface area contributed by atoms with E-state index in [4.69, 9.17) is 6.42 Å². The lowest BCUT2D eigenvalue weighted by Crippen LogP contribution is -2.70. The first-order valence-corrected chi connectivity index (χ1v) is 7.08. The summed E-state index contributed by atoms with van der Waals surface area (Å²) in [6.45, 7) is 4.41. The standard InChI is InChI=1S/C15H22N2O2/c1-4-5-10-17-12(11(2)3)13(18)16-15(14(17)19)8-6-7-9-15/h1,11-12H,5-10H2,2-3H3,(H,16,18). The molecule has 2 rings (SSSR count). The average Bonchev–Trinajstić information content (AvgIpc) is 2.80. The molecule has 1 spiro atoms. The molecule has 0 bridgehead atoms. The zero-order valence-corrected chi connectivity index (χ0v) is 11.7. The summed E-state index contributed by atoms with van der Waals surface area (Å²) in [5.74, 6) is 2.71. The molecule has 4 nitrogen and oxygen atoms in total. The maximum atomic E-state index is 12.8. The van der Waals surface area contributed by atoms with E-state index >= 15 is 0 Å². The van der Waals surface area contributed by atoms with E-state index in [0.29, 0.717) is 13.0 Å². The van der Waals surface area contributed by atoms with Crippen molar-refractivity contribution in [2.24, 2.45) is 5.92 Å². The Labute approximate surface area is 114 Å². The molecular weight excluding hydrogens is 240 g/mol. The normalized spacial score (nSPS) is 25.8. The molecule has 2 aliphatic rings. The van der Waals surface area contributed by atoms with Crippen LogP contribution in [0.2, 0.25) is 0 Å². The summed E-state index contributed by atoms with van der Waals surface area (Å²) >= 11 is 0. The van der Waals surface area contributed by atoms with E-state index in [-0.39, 0.29) is 23.8 Å². The Hall–Kier alpha value is -1.50. The summed E-state index contributed by atoms with van der Waals surface area (Å²) in [4.78, 5) is 26.8. The van der Waals surface area contributed by atoms with E-state index in [2.05, 4.69) is 11.2 Å². The second-order valence-electron chi connectivity index (χ2n) is 5.92. The fourth-order valence-corrected chi connectivity index (χ4v) is 3.31. The number of carbonyl (C=O) groups is 2. The Morgan fingerprint density at radius 2 is 2.05 bits per heavy atom. The van der Waals surface area contributed by atoms with Crippen LogP contribution in [0.15, 0.2) is 0 Å². The monoisotopic (exact) mass is 262 g/mol. The molecule has 1 saturated heterocycles. The van der Waals surface area contributed by atoms with Crippen LogP contribution in [-0.4, -0.2) is 34.8 Å². The highest BCUT2D eigenvalue weighted by molar-refractivity contribution is 6.00. The molecule has 1 aliphatic carbocycles. The largest absolute Gasteiger partial charge is 0.340 e. The first kappa shape index (κ1) is 13.9. The minimum atomic E-state index is -0.642. The van der Waals surface area contributed by atoms with Crippen molar-refractivity contribution in [2.45, 2.75) is 57.5 Å². The zero-order valence-electron chi connectivity index (χ0n) is 11.7. The molecule has 0 radical (unpaired) electrons. The van der Waals surface area contributed by atoms with E-state index in [9.17, 15) is 9.59 Å². The summed E-state index contributed by atoms with van der Waals surface area (Å²) in [6, 6.07) is -0.382. The minimum absolute atomic E-state index is 0.0199. The third-order valence-electron chi connectivity index (χ3n) is 4.22. The van der Waals surface area contributed by atoms with Gasteiger partial charge in [0.1, 0.15) is 11.6 Å². The quantitative estimate of drug-likeness (QED) is 0.780. The molecule has 104 valence electrons. The number of piperazine rings is 1. The molecule has 2 fully saturated rings. The summed E-state index contributed by atoms with van der Waals surface area (Å²) in [7, 11) is 0. The predicted octanol–water partition coefficient (Wildman–Crippen LogP) is 1.31. The Balaban J connectivity index is 2.28. The lowest BCUT2D eigenvalue weighted by molar-refractivity contribution is -0.156. The van der Waals surface area contributed by atoms with Gasteiger partial charge in [-0.2, -0.15) is 0 Å². The summed E-state index contributed by atoms with van der Waals surface area (Å²) in [6.07, 6.45) is 9.32. The highest BCUT2D eigenvalue weighted by atomic mass is 16.2. The lowest BCUT2D eigenvalue weighted by Gasteiger charge is -2.45. The molecule has 0 aromatic rings. The molecule has 1 heterocycles. The lowest BCUT2D eigenvalue weighted by atomic mass is 9.87. The Bertz CT molecular complexity index is 416. The first-order chi connectivity index (χ1) is 9.02. The third-order valence-corrected chi connectivity index (χ3v) is 4.22. The molecule has 4 heteroatoms. The van der Waals surface area contributed by atoms with Crippen molar-refractivity contribution in [1.82, 2.24) is 10.2 Å². The van der Waals surface area contributed by atoms with Crippen LogP contribution in [0.4, 0.5) is 0 Å².